The molecule has 1 aromatic heterocycles. The van der Waals surface area contributed by atoms with Crippen LogP contribution >= 0.6 is 0 Å². The lowest BCUT2D eigenvalue weighted by atomic mass is 10.1. The fourth-order valence-electron chi connectivity index (χ4n) is 3.13. The zero-order valence-corrected chi connectivity index (χ0v) is 14.4. The summed E-state index contributed by atoms with van der Waals surface area (Å²) >= 11 is 0. The van der Waals surface area contributed by atoms with E-state index in [1.165, 1.54) is 5.56 Å². The second kappa shape index (κ2) is 8.31. The van der Waals surface area contributed by atoms with E-state index in [4.69, 9.17) is 4.74 Å². The molecule has 2 N–H and O–H groups in total. The first-order chi connectivity index (χ1) is 11.8. The molecule has 0 saturated carbocycles. The van der Waals surface area contributed by atoms with Gasteiger partial charge in [-0.05, 0) is 24.8 Å². The van der Waals surface area contributed by atoms with Gasteiger partial charge in [0, 0.05) is 18.2 Å². The van der Waals surface area contributed by atoms with Crippen LogP contribution in [0, 0.1) is 0 Å². The van der Waals surface area contributed by atoms with E-state index in [-0.39, 0.29) is 6.61 Å². The molecule has 1 aromatic carbocycles. The van der Waals surface area contributed by atoms with Gasteiger partial charge in [0.1, 0.15) is 5.82 Å². The summed E-state index contributed by atoms with van der Waals surface area (Å²) in [5.74, 6) is 0.951. The fraction of sp³-hybridized carbons (Fsp3) is 0.526. The van der Waals surface area contributed by atoms with Crippen LogP contribution in [0.5, 0.6) is 0 Å². The van der Waals surface area contributed by atoms with Gasteiger partial charge in [-0.25, -0.2) is 4.68 Å². The lowest BCUT2D eigenvalue weighted by molar-refractivity contribution is 0.0873. The first kappa shape index (κ1) is 17.0. The topological polar surface area (TPSA) is 59.3 Å². The van der Waals surface area contributed by atoms with Crippen molar-refractivity contribution in [2.75, 3.05) is 25.1 Å². The molecule has 5 nitrogen and oxygen atoms in total. The number of benzene rings is 1. The third kappa shape index (κ3) is 4.16. The Bertz CT molecular complexity index is 631. The highest BCUT2D eigenvalue weighted by molar-refractivity contribution is 5.63. The average Bonchev–Trinajstić information content (AvgIpc) is 3.00. The first-order valence-corrected chi connectivity index (χ1v) is 8.92. The van der Waals surface area contributed by atoms with E-state index in [1.807, 2.05) is 4.68 Å². The summed E-state index contributed by atoms with van der Waals surface area (Å²) in [6, 6.07) is 11.0. The molecule has 1 aliphatic heterocycles. The summed E-state index contributed by atoms with van der Waals surface area (Å²) < 4.78 is 7.39. The van der Waals surface area contributed by atoms with Gasteiger partial charge in [0.25, 0.3) is 0 Å². The molecule has 0 amide bonds. The van der Waals surface area contributed by atoms with E-state index in [0.717, 1.165) is 56.0 Å². The Kier molecular flexibility index (Phi) is 5.88. The largest absolute Gasteiger partial charge is 0.394 e. The summed E-state index contributed by atoms with van der Waals surface area (Å²) in [7, 11) is 0. The maximum Gasteiger partial charge on any atom is 0.125 e. The molecule has 0 bridgehead atoms. The molecule has 1 unspecified atom stereocenters. The molecule has 5 heteroatoms. The van der Waals surface area contributed by atoms with Crippen LogP contribution in [-0.2, 0) is 17.7 Å². The summed E-state index contributed by atoms with van der Waals surface area (Å²) in [6.07, 6.45) is 4.44. The second-order valence-corrected chi connectivity index (χ2v) is 6.37. The number of aryl methyl sites for hydroxylation is 1. The molecule has 0 radical (unpaired) electrons. The van der Waals surface area contributed by atoms with Crippen molar-refractivity contribution in [3.05, 3.63) is 35.9 Å². The number of hydrogen-bond acceptors (Lipinski definition) is 4. The molecule has 1 fully saturated rings. The first-order valence-electron chi connectivity index (χ1n) is 8.92. The maximum atomic E-state index is 9.31. The van der Waals surface area contributed by atoms with E-state index in [1.54, 1.807) is 0 Å². The number of anilines is 1. The monoisotopic (exact) mass is 329 g/mol. The standard InChI is InChI=1S/C19H27N3O2/c1-2-4-15-6-8-16(9-7-15)18-13-19(22(21-18)10-11-23)20-17-5-3-12-24-14-17/h6-9,13,17,20,23H,2-5,10-12,14H2,1H3. The van der Waals surface area contributed by atoms with Crippen molar-refractivity contribution in [1.29, 1.82) is 0 Å². The molecule has 1 atom stereocenters. The molecular formula is C19H27N3O2. The number of aliphatic hydroxyl groups excluding tert-OH is 1. The van der Waals surface area contributed by atoms with Crippen molar-refractivity contribution in [2.45, 2.75) is 45.2 Å². The SMILES string of the molecule is CCCc1ccc(-c2cc(NC3CCCOC3)n(CCO)n2)cc1. The van der Waals surface area contributed by atoms with Gasteiger partial charge < -0.3 is 15.2 Å². The molecule has 2 aromatic rings. The Balaban J connectivity index is 1.79. The van der Waals surface area contributed by atoms with Crippen LogP contribution in [0.15, 0.2) is 30.3 Å². The van der Waals surface area contributed by atoms with Crippen molar-refractivity contribution < 1.29 is 9.84 Å². The third-order valence-electron chi connectivity index (χ3n) is 4.39. The molecule has 130 valence electrons. The maximum absolute atomic E-state index is 9.31. The fourth-order valence-corrected chi connectivity index (χ4v) is 3.13. The van der Waals surface area contributed by atoms with E-state index in [2.05, 4.69) is 47.7 Å². The van der Waals surface area contributed by atoms with Gasteiger partial charge in [0.15, 0.2) is 0 Å². The molecule has 3 rings (SSSR count). The highest BCUT2D eigenvalue weighted by Crippen LogP contribution is 2.24. The van der Waals surface area contributed by atoms with Crippen molar-refractivity contribution in [1.82, 2.24) is 9.78 Å². The summed E-state index contributed by atoms with van der Waals surface area (Å²) in [5.41, 5.74) is 3.40. The number of aromatic nitrogens is 2. The number of aliphatic hydroxyl groups is 1. The zero-order valence-electron chi connectivity index (χ0n) is 14.4. The zero-order chi connectivity index (χ0) is 16.8. The number of hydrogen-bond donors (Lipinski definition) is 2. The Morgan fingerprint density at radius 1 is 1.33 bits per heavy atom. The van der Waals surface area contributed by atoms with Crippen molar-refractivity contribution >= 4 is 5.82 Å². The van der Waals surface area contributed by atoms with Gasteiger partial charge in [-0.3, -0.25) is 0 Å². The Morgan fingerprint density at radius 2 is 2.17 bits per heavy atom. The summed E-state index contributed by atoms with van der Waals surface area (Å²) in [4.78, 5) is 0. The van der Waals surface area contributed by atoms with Gasteiger partial charge in [0.2, 0.25) is 0 Å². The minimum Gasteiger partial charge on any atom is -0.394 e. The lowest BCUT2D eigenvalue weighted by Gasteiger charge is -2.24. The van der Waals surface area contributed by atoms with Crippen LogP contribution < -0.4 is 5.32 Å². The predicted molar refractivity (Wildman–Crippen MR) is 96.2 cm³/mol. The molecule has 1 aliphatic rings. The number of rotatable bonds is 7. The Labute approximate surface area is 143 Å². The van der Waals surface area contributed by atoms with E-state index in [9.17, 15) is 5.11 Å². The Morgan fingerprint density at radius 3 is 2.83 bits per heavy atom. The van der Waals surface area contributed by atoms with Gasteiger partial charge in [-0.2, -0.15) is 5.10 Å². The summed E-state index contributed by atoms with van der Waals surface area (Å²) in [6.45, 7) is 4.34. The lowest BCUT2D eigenvalue weighted by Crippen LogP contribution is -2.31. The van der Waals surface area contributed by atoms with Gasteiger partial charge in [0.05, 0.1) is 31.5 Å². The van der Waals surface area contributed by atoms with Crippen LogP contribution in [0.1, 0.15) is 31.7 Å². The minimum atomic E-state index is 0.0758. The van der Waals surface area contributed by atoms with Crippen LogP contribution in [0.2, 0.25) is 0 Å². The highest BCUT2D eigenvalue weighted by atomic mass is 16.5. The summed E-state index contributed by atoms with van der Waals surface area (Å²) in [5, 5.41) is 17.5. The molecule has 24 heavy (non-hydrogen) atoms. The molecule has 0 aliphatic carbocycles. The Hall–Kier alpha value is -1.85. The van der Waals surface area contributed by atoms with Crippen molar-refractivity contribution in [3.63, 3.8) is 0 Å². The molecule has 2 heterocycles. The van der Waals surface area contributed by atoms with Gasteiger partial charge in [-0.1, -0.05) is 37.6 Å². The van der Waals surface area contributed by atoms with Crippen LogP contribution in [0.4, 0.5) is 5.82 Å². The van der Waals surface area contributed by atoms with Crippen molar-refractivity contribution in [2.24, 2.45) is 0 Å². The van der Waals surface area contributed by atoms with Crippen LogP contribution in [0.3, 0.4) is 0 Å². The normalized spacial score (nSPS) is 17.8. The molecule has 1 saturated heterocycles. The van der Waals surface area contributed by atoms with Gasteiger partial charge in [-0.15, -0.1) is 0 Å². The highest BCUT2D eigenvalue weighted by Gasteiger charge is 2.17. The minimum absolute atomic E-state index is 0.0758. The van der Waals surface area contributed by atoms with Gasteiger partial charge >= 0.3 is 0 Å². The average molecular weight is 329 g/mol. The molecule has 0 spiro atoms. The quantitative estimate of drug-likeness (QED) is 0.819. The van der Waals surface area contributed by atoms with Crippen molar-refractivity contribution in [3.8, 4) is 11.3 Å². The third-order valence-corrected chi connectivity index (χ3v) is 4.39. The smallest absolute Gasteiger partial charge is 0.125 e. The van der Waals surface area contributed by atoms with Crippen LogP contribution in [0.25, 0.3) is 11.3 Å². The second-order valence-electron chi connectivity index (χ2n) is 6.37. The van der Waals surface area contributed by atoms with Crippen LogP contribution in [-0.4, -0.2) is 40.7 Å². The number of nitrogens with one attached hydrogen (secondary N) is 1. The number of nitrogens with zero attached hydrogens (tertiary/aromatic N) is 2. The van der Waals surface area contributed by atoms with E-state index in [0.29, 0.717) is 12.6 Å². The predicted octanol–water partition coefficient (Wildman–Crippen LogP) is 3.09. The van der Waals surface area contributed by atoms with E-state index >= 15 is 0 Å². The number of ether oxygens (including phenoxy) is 1. The molecular weight excluding hydrogens is 302 g/mol. The van der Waals surface area contributed by atoms with E-state index < -0.39 is 0 Å².